The van der Waals surface area contributed by atoms with Crippen molar-refractivity contribution in [3.05, 3.63) is 29.7 Å². The third-order valence-electron chi connectivity index (χ3n) is 2.33. The highest BCUT2D eigenvalue weighted by atomic mass is 16.4. The number of hydrogen-bond acceptors (Lipinski definition) is 3. The summed E-state index contributed by atoms with van der Waals surface area (Å²) in [7, 11) is 0. The molecule has 5 nitrogen and oxygen atoms in total. The highest BCUT2D eigenvalue weighted by Gasteiger charge is 2.14. The quantitative estimate of drug-likeness (QED) is 0.851. The molecule has 0 aliphatic rings. The third-order valence-corrected chi connectivity index (χ3v) is 2.33. The molecule has 0 fully saturated rings. The average molecular weight is 219 g/mol. The van der Waals surface area contributed by atoms with Crippen LogP contribution < -0.4 is 0 Å². The van der Waals surface area contributed by atoms with E-state index in [1.54, 1.807) is 16.7 Å². The van der Waals surface area contributed by atoms with Crippen molar-refractivity contribution in [2.75, 3.05) is 0 Å². The van der Waals surface area contributed by atoms with Gasteiger partial charge in [0.2, 0.25) is 0 Å². The zero-order valence-corrected chi connectivity index (χ0v) is 9.21. The molecule has 0 aliphatic heterocycles. The fourth-order valence-corrected chi connectivity index (χ4v) is 1.64. The standard InChI is InChI=1S/C11H13N3O2/c1-7(2)6-9-12-13-10-8(11(15)16)4-3-5-14(9)10/h3-5,7H,6H2,1-2H3,(H,15,16). The van der Waals surface area contributed by atoms with Gasteiger partial charge in [-0.25, -0.2) is 4.79 Å². The summed E-state index contributed by atoms with van der Waals surface area (Å²) in [6.45, 7) is 4.17. The Morgan fingerprint density at radius 3 is 2.88 bits per heavy atom. The number of aromatic nitrogens is 3. The van der Waals surface area contributed by atoms with Crippen molar-refractivity contribution in [3.8, 4) is 0 Å². The summed E-state index contributed by atoms with van der Waals surface area (Å²) >= 11 is 0. The number of carboxylic acids is 1. The van der Waals surface area contributed by atoms with Crippen LogP contribution in [-0.4, -0.2) is 25.7 Å². The van der Waals surface area contributed by atoms with Crippen LogP contribution >= 0.6 is 0 Å². The second-order valence-corrected chi connectivity index (χ2v) is 4.13. The van der Waals surface area contributed by atoms with Crippen LogP contribution in [0.15, 0.2) is 18.3 Å². The van der Waals surface area contributed by atoms with Gasteiger partial charge in [0.1, 0.15) is 11.4 Å². The van der Waals surface area contributed by atoms with E-state index in [1.165, 1.54) is 6.07 Å². The topological polar surface area (TPSA) is 67.5 Å². The van der Waals surface area contributed by atoms with E-state index in [9.17, 15) is 4.79 Å². The van der Waals surface area contributed by atoms with Crippen LogP contribution in [0.4, 0.5) is 0 Å². The molecule has 2 aromatic heterocycles. The molecule has 0 radical (unpaired) electrons. The van der Waals surface area contributed by atoms with E-state index < -0.39 is 5.97 Å². The fraction of sp³-hybridized carbons (Fsp3) is 0.364. The first-order chi connectivity index (χ1) is 7.59. The maximum Gasteiger partial charge on any atom is 0.339 e. The predicted molar refractivity (Wildman–Crippen MR) is 58.5 cm³/mol. The smallest absolute Gasteiger partial charge is 0.339 e. The summed E-state index contributed by atoms with van der Waals surface area (Å²) in [6, 6.07) is 3.23. The van der Waals surface area contributed by atoms with Crippen LogP contribution in [0.2, 0.25) is 0 Å². The van der Waals surface area contributed by atoms with Gasteiger partial charge in [-0.1, -0.05) is 13.8 Å². The van der Waals surface area contributed by atoms with Gasteiger partial charge in [-0.3, -0.25) is 4.40 Å². The molecule has 2 aromatic rings. The van der Waals surface area contributed by atoms with Crippen LogP contribution in [0, 0.1) is 5.92 Å². The van der Waals surface area contributed by atoms with Crippen LogP contribution in [0.1, 0.15) is 30.0 Å². The molecule has 2 rings (SSSR count). The second kappa shape index (κ2) is 3.92. The lowest BCUT2D eigenvalue weighted by molar-refractivity contribution is 0.0698. The molecule has 1 N–H and O–H groups in total. The summed E-state index contributed by atoms with van der Waals surface area (Å²) in [4.78, 5) is 11.0. The molecular formula is C11H13N3O2. The van der Waals surface area contributed by atoms with Crippen LogP contribution in [0.25, 0.3) is 5.65 Å². The number of pyridine rings is 1. The van der Waals surface area contributed by atoms with Crippen molar-refractivity contribution in [3.63, 3.8) is 0 Å². The van der Waals surface area contributed by atoms with Gasteiger partial charge < -0.3 is 5.11 Å². The summed E-state index contributed by atoms with van der Waals surface area (Å²) in [5, 5.41) is 16.9. The summed E-state index contributed by atoms with van der Waals surface area (Å²) < 4.78 is 1.74. The molecule has 0 aromatic carbocycles. The normalized spacial score (nSPS) is 11.2. The fourth-order valence-electron chi connectivity index (χ4n) is 1.64. The van der Waals surface area contributed by atoms with Gasteiger partial charge in [-0.15, -0.1) is 10.2 Å². The Morgan fingerprint density at radius 2 is 2.25 bits per heavy atom. The molecule has 84 valence electrons. The summed E-state index contributed by atoms with van der Waals surface area (Å²) in [6.07, 6.45) is 2.57. The number of carbonyl (C=O) groups is 1. The summed E-state index contributed by atoms with van der Waals surface area (Å²) in [5.74, 6) is 0.281. The van der Waals surface area contributed by atoms with E-state index in [0.29, 0.717) is 11.6 Å². The Morgan fingerprint density at radius 1 is 1.50 bits per heavy atom. The van der Waals surface area contributed by atoms with E-state index in [2.05, 4.69) is 24.0 Å². The molecule has 0 bridgehead atoms. The van der Waals surface area contributed by atoms with E-state index >= 15 is 0 Å². The Balaban J connectivity index is 2.57. The molecule has 0 unspecified atom stereocenters. The highest BCUT2D eigenvalue weighted by molar-refractivity contribution is 5.94. The zero-order valence-electron chi connectivity index (χ0n) is 9.21. The maximum absolute atomic E-state index is 11.0. The molecule has 0 spiro atoms. The lowest BCUT2D eigenvalue weighted by Gasteiger charge is -2.03. The van der Waals surface area contributed by atoms with Gasteiger partial charge in [-0.2, -0.15) is 0 Å². The Hall–Kier alpha value is -1.91. The lowest BCUT2D eigenvalue weighted by atomic mass is 10.1. The van der Waals surface area contributed by atoms with E-state index in [4.69, 9.17) is 5.11 Å². The minimum absolute atomic E-state index is 0.185. The van der Waals surface area contributed by atoms with Gasteiger partial charge in [0.25, 0.3) is 0 Å². The first-order valence-corrected chi connectivity index (χ1v) is 5.15. The van der Waals surface area contributed by atoms with Gasteiger partial charge >= 0.3 is 5.97 Å². The van der Waals surface area contributed by atoms with Crippen molar-refractivity contribution < 1.29 is 9.90 Å². The Labute approximate surface area is 92.7 Å². The number of nitrogens with zero attached hydrogens (tertiary/aromatic N) is 3. The van der Waals surface area contributed by atoms with Gasteiger partial charge in [0.15, 0.2) is 5.65 Å². The molecule has 16 heavy (non-hydrogen) atoms. The largest absolute Gasteiger partial charge is 0.478 e. The summed E-state index contributed by atoms with van der Waals surface area (Å²) in [5.41, 5.74) is 0.593. The van der Waals surface area contributed by atoms with Crippen molar-refractivity contribution >= 4 is 11.6 Å². The molecule has 0 atom stereocenters. The lowest BCUT2D eigenvalue weighted by Crippen LogP contribution is -2.03. The molecule has 0 aliphatic carbocycles. The van der Waals surface area contributed by atoms with E-state index in [-0.39, 0.29) is 5.56 Å². The molecular weight excluding hydrogens is 206 g/mol. The number of aromatic carboxylic acids is 1. The number of hydrogen-bond donors (Lipinski definition) is 1. The van der Waals surface area contributed by atoms with Gasteiger partial charge in [0, 0.05) is 12.6 Å². The predicted octanol–water partition coefficient (Wildman–Crippen LogP) is 1.63. The minimum Gasteiger partial charge on any atom is -0.478 e. The van der Waals surface area contributed by atoms with Crippen molar-refractivity contribution in [1.82, 2.24) is 14.6 Å². The maximum atomic E-state index is 11.0. The molecule has 0 saturated heterocycles. The van der Waals surface area contributed by atoms with Crippen LogP contribution in [0.3, 0.4) is 0 Å². The number of carboxylic acid groups (broad SMARTS) is 1. The average Bonchev–Trinajstić information content (AvgIpc) is 2.60. The van der Waals surface area contributed by atoms with Gasteiger partial charge in [-0.05, 0) is 18.1 Å². The molecule has 0 saturated carbocycles. The van der Waals surface area contributed by atoms with Crippen molar-refractivity contribution in [2.24, 2.45) is 5.92 Å². The van der Waals surface area contributed by atoms with Crippen molar-refractivity contribution in [1.29, 1.82) is 0 Å². The van der Waals surface area contributed by atoms with Crippen molar-refractivity contribution in [2.45, 2.75) is 20.3 Å². The first-order valence-electron chi connectivity index (χ1n) is 5.15. The monoisotopic (exact) mass is 219 g/mol. The second-order valence-electron chi connectivity index (χ2n) is 4.13. The molecule has 5 heteroatoms. The molecule has 0 amide bonds. The first kappa shape index (κ1) is 10.6. The Kier molecular flexibility index (Phi) is 2.60. The third kappa shape index (κ3) is 1.76. The number of fused-ring (bicyclic) bond motifs is 1. The molecule has 2 heterocycles. The van der Waals surface area contributed by atoms with Gasteiger partial charge in [0.05, 0.1) is 0 Å². The van der Waals surface area contributed by atoms with E-state index in [0.717, 1.165) is 12.2 Å². The highest BCUT2D eigenvalue weighted by Crippen LogP contribution is 2.12. The number of rotatable bonds is 3. The van der Waals surface area contributed by atoms with Crippen LogP contribution in [0.5, 0.6) is 0 Å². The SMILES string of the molecule is CC(C)Cc1nnc2c(C(=O)O)cccn12. The Bertz CT molecular complexity index is 531. The van der Waals surface area contributed by atoms with E-state index in [1.807, 2.05) is 0 Å². The zero-order chi connectivity index (χ0) is 11.7. The minimum atomic E-state index is -0.978. The van der Waals surface area contributed by atoms with Crippen LogP contribution in [-0.2, 0) is 6.42 Å².